The number of hydrogen-bond acceptors (Lipinski definition) is 2. The van der Waals surface area contributed by atoms with Crippen molar-refractivity contribution in [3.05, 3.63) is 34.9 Å². The molecule has 1 aliphatic rings. The lowest BCUT2D eigenvalue weighted by Crippen LogP contribution is -2.22. The summed E-state index contributed by atoms with van der Waals surface area (Å²) in [5.41, 5.74) is 2.83. The van der Waals surface area contributed by atoms with Gasteiger partial charge in [-0.1, -0.05) is 18.2 Å². The van der Waals surface area contributed by atoms with Crippen LogP contribution < -0.4 is 0 Å². The van der Waals surface area contributed by atoms with Gasteiger partial charge >= 0.3 is 0 Å². The van der Waals surface area contributed by atoms with E-state index in [0.29, 0.717) is 6.10 Å². The SMILES string of the molecule is Cc1ccc(C(C)(O)CCCC2CCCO2)cc1C. The third-order valence-corrected chi connectivity index (χ3v) is 4.34. The van der Waals surface area contributed by atoms with E-state index in [0.717, 1.165) is 31.4 Å². The molecule has 1 saturated heterocycles. The van der Waals surface area contributed by atoms with Crippen LogP contribution >= 0.6 is 0 Å². The Morgan fingerprint density at radius 1 is 1.32 bits per heavy atom. The smallest absolute Gasteiger partial charge is 0.0868 e. The van der Waals surface area contributed by atoms with Crippen molar-refractivity contribution < 1.29 is 9.84 Å². The average Bonchev–Trinajstić information content (AvgIpc) is 2.85. The van der Waals surface area contributed by atoms with Gasteiger partial charge in [0, 0.05) is 6.61 Å². The number of aliphatic hydroxyl groups is 1. The lowest BCUT2D eigenvalue weighted by Gasteiger charge is -2.25. The van der Waals surface area contributed by atoms with Crippen LogP contribution in [0.3, 0.4) is 0 Å². The van der Waals surface area contributed by atoms with Crippen LogP contribution in [0.4, 0.5) is 0 Å². The monoisotopic (exact) mass is 262 g/mol. The quantitative estimate of drug-likeness (QED) is 0.873. The first-order valence-electron chi connectivity index (χ1n) is 7.41. The molecular formula is C17H26O2. The molecule has 0 aromatic heterocycles. The van der Waals surface area contributed by atoms with Gasteiger partial charge in [0.1, 0.15) is 0 Å². The first-order valence-corrected chi connectivity index (χ1v) is 7.41. The molecule has 1 aromatic carbocycles. The van der Waals surface area contributed by atoms with E-state index in [9.17, 15) is 5.11 Å². The summed E-state index contributed by atoms with van der Waals surface area (Å²) in [7, 11) is 0. The van der Waals surface area contributed by atoms with Crippen LogP contribution in [0.5, 0.6) is 0 Å². The van der Waals surface area contributed by atoms with Gasteiger partial charge in [-0.15, -0.1) is 0 Å². The molecular weight excluding hydrogens is 236 g/mol. The van der Waals surface area contributed by atoms with Gasteiger partial charge in [0.25, 0.3) is 0 Å². The molecule has 0 bridgehead atoms. The molecule has 2 unspecified atom stereocenters. The molecule has 106 valence electrons. The number of benzene rings is 1. The molecule has 1 aliphatic heterocycles. The average molecular weight is 262 g/mol. The fourth-order valence-corrected chi connectivity index (χ4v) is 2.77. The fourth-order valence-electron chi connectivity index (χ4n) is 2.77. The van der Waals surface area contributed by atoms with Gasteiger partial charge in [-0.2, -0.15) is 0 Å². The van der Waals surface area contributed by atoms with Crippen LogP contribution in [0.1, 0.15) is 55.7 Å². The summed E-state index contributed by atoms with van der Waals surface area (Å²) >= 11 is 0. The first kappa shape index (κ1) is 14.5. The van der Waals surface area contributed by atoms with E-state index >= 15 is 0 Å². The molecule has 1 heterocycles. The Morgan fingerprint density at radius 2 is 2.11 bits per heavy atom. The number of rotatable bonds is 5. The van der Waals surface area contributed by atoms with E-state index in [-0.39, 0.29) is 0 Å². The molecule has 2 nitrogen and oxygen atoms in total. The van der Waals surface area contributed by atoms with Crippen molar-refractivity contribution in [3.8, 4) is 0 Å². The molecule has 0 amide bonds. The zero-order chi connectivity index (χ0) is 13.9. The Kier molecular flexibility index (Phi) is 4.64. The van der Waals surface area contributed by atoms with Crippen LogP contribution in [0, 0.1) is 13.8 Å². The summed E-state index contributed by atoms with van der Waals surface area (Å²) in [5.74, 6) is 0. The summed E-state index contributed by atoms with van der Waals surface area (Å²) in [6, 6.07) is 6.26. The molecule has 0 saturated carbocycles. The molecule has 1 aromatic rings. The predicted molar refractivity (Wildman–Crippen MR) is 78.3 cm³/mol. The largest absolute Gasteiger partial charge is 0.385 e. The van der Waals surface area contributed by atoms with Crippen molar-refractivity contribution in [1.29, 1.82) is 0 Å². The molecule has 1 fully saturated rings. The second-order valence-corrected chi connectivity index (χ2v) is 6.10. The van der Waals surface area contributed by atoms with Crippen LogP contribution in [-0.2, 0) is 10.3 Å². The van der Waals surface area contributed by atoms with Gasteiger partial charge in [0.2, 0.25) is 0 Å². The molecule has 2 atom stereocenters. The molecule has 19 heavy (non-hydrogen) atoms. The summed E-state index contributed by atoms with van der Waals surface area (Å²) in [5, 5.41) is 10.6. The number of hydrogen-bond donors (Lipinski definition) is 1. The van der Waals surface area contributed by atoms with Gasteiger partial charge in [-0.3, -0.25) is 0 Å². The van der Waals surface area contributed by atoms with Gasteiger partial charge in [0.15, 0.2) is 0 Å². The Labute approximate surface area is 116 Å². The molecule has 2 heteroatoms. The molecule has 0 radical (unpaired) electrons. The Hall–Kier alpha value is -0.860. The molecule has 0 aliphatic carbocycles. The van der Waals surface area contributed by atoms with E-state index in [1.807, 2.05) is 6.92 Å². The third-order valence-electron chi connectivity index (χ3n) is 4.34. The minimum Gasteiger partial charge on any atom is -0.385 e. The van der Waals surface area contributed by atoms with Crippen molar-refractivity contribution in [2.75, 3.05) is 6.61 Å². The second-order valence-electron chi connectivity index (χ2n) is 6.10. The highest BCUT2D eigenvalue weighted by Gasteiger charge is 2.24. The van der Waals surface area contributed by atoms with Crippen molar-refractivity contribution in [2.45, 2.75) is 64.6 Å². The third kappa shape index (κ3) is 3.80. The van der Waals surface area contributed by atoms with Gasteiger partial charge in [-0.05, 0) is 69.6 Å². The summed E-state index contributed by atoms with van der Waals surface area (Å²) < 4.78 is 5.63. The standard InChI is InChI=1S/C17H26O2/c1-13-8-9-15(12-14(13)2)17(3,18)10-4-6-16-7-5-11-19-16/h8-9,12,16,18H,4-7,10-11H2,1-3H3. The van der Waals surface area contributed by atoms with Crippen LogP contribution in [0.25, 0.3) is 0 Å². The van der Waals surface area contributed by atoms with Crippen molar-refractivity contribution in [2.24, 2.45) is 0 Å². The van der Waals surface area contributed by atoms with E-state index in [4.69, 9.17) is 4.74 Å². The first-order chi connectivity index (χ1) is 8.99. The molecule has 2 rings (SSSR count). The van der Waals surface area contributed by atoms with E-state index in [2.05, 4.69) is 32.0 Å². The lowest BCUT2D eigenvalue weighted by molar-refractivity contribution is 0.0371. The maximum atomic E-state index is 10.6. The Bertz CT molecular complexity index is 417. The maximum absolute atomic E-state index is 10.6. The highest BCUT2D eigenvalue weighted by molar-refractivity contribution is 5.32. The van der Waals surface area contributed by atoms with Crippen LogP contribution in [-0.4, -0.2) is 17.8 Å². The normalized spacial score (nSPS) is 22.4. The maximum Gasteiger partial charge on any atom is 0.0868 e. The van der Waals surface area contributed by atoms with Gasteiger partial charge < -0.3 is 9.84 Å². The number of ether oxygens (including phenoxy) is 1. The van der Waals surface area contributed by atoms with Crippen molar-refractivity contribution >= 4 is 0 Å². The minimum absolute atomic E-state index is 0.426. The van der Waals surface area contributed by atoms with E-state index in [1.165, 1.54) is 24.0 Å². The van der Waals surface area contributed by atoms with Gasteiger partial charge in [-0.25, -0.2) is 0 Å². The lowest BCUT2D eigenvalue weighted by atomic mass is 9.88. The predicted octanol–water partition coefficient (Wildman–Crippen LogP) is 3.86. The zero-order valence-electron chi connectivity index (χ0n) is 12.4. The Morgan fingerprint density at radius 3 is 2.74 bits per heavy atom. The fraction of sp³-hybridized carbons (Fsp3) is 0.647. The Balaban J connectivity index is 1.90. The summed E-state index contributed by atoms with van der Waals surface area (Å²) in [4.78, 5) is 0. The molecule has 1 N–H and O–H groups in total. The molecule has 0 spiro atoms. The van der Waals surface area contributed by atoms with Gasteiger partial charge in [0.05, 0.1) is 11.7 Å². The summed E-state index contributed by atoms with van der Waals surface area (Å²) in [6.07, 6.45) is 5.70. The van der Waals surface area contributed by atoms with E-state index < -0.39 is 5.60 Å². The highest BCUT2D eigenvalue weighted by Crippen LogP contribution is 2.29. The highest BCUT2D eigenvalue weighted by atomic mass is 16.5. The topological polar surface area (TPSA) is 29.5 Å². The van der Waals surface area contributed by atoms with Crippen molar-refractivity contribution in [3.63, 3.8) is 0 Å². The minimum atomic E-state index is -0.725. The number of aryl methyl sites for hydroxylation is 2. The van der Waals surface area contributed by atoms with Crippen molar-refractivity contribution in [1.82, 2.24) is 0 Å². The second kappa shape index (κ2) is 6.06. The van der Waals surface area contributed by atoms with Crippen LogP contribution in [0.15, 0.2) is 18.2 Å². The zero-order valence-corrected chi connectivity index (χ0v) is 12.4. The van der Waals surface area contributed by atoms with Crippen LogP contribution in [0.2, 0.25) is 0 Å². The summed E-state index contributed by atoms with van der Waals surface area (Å²) in [6.45, 7) is 7.04. The van der Waals surface area contributed by atoms with E-state index in [1.54, 1.807) is 0 Å².